The quantitative estimate of drug-likeness (QED) is 0.928. The highest BCUT2D eigenvalue weighted by molar-refractivity contribution is 5.82. The van der Waals surface area contributed by atoms with Gasteiger partial charge in [0.2, 0.25) is 5.91 Å². The molecule has 3 aliphatic rings. The lowest BCUT2D eigenvalue weighted by molar-refractivity contribution is -0.182. The Balaban J connectivity index is 1.20. The molecule has 0 bridgehead atoms. The van der Waals surface area contributed by atoms with Crippen LogP contribution in [-0.4, -0.2) is 31.5 Å². The second kappa shape index (κ2) is 5.70. The highest BCUT2D eigenvalue weighted by atomic mass is 16.7. The summed E-state index contributed by atoms with van der Waals surface area (Å²) in [7, 11) is 0. The van der Waals surface area contributed by atoms with Gasteiger partial charge < -0.3 is 19.2 Å². The van der Waals surface area contributed by atoms with E-state index in [0.717, 1.165) is 57.6 Å². The fourth-order valence-corrected chi connectivity index (χ4v) is 3.78. The number of amides is 1. The van der Waals surface area contributed by atoms with Crippen LogP contribution < -0.4 is 5.32 Å². The van der Waals surface area contributed by atoms with Crippen LogP contribution in [0.4, 0.5) is 0 Å². The molecule has 2 heterocycles. The van der Waals surface area contributed by atoms with Gasteiger partial charge in [-0.15, -0.1) is 0 Å². The third kappa shape index (κ3) is 2.79. The van der Waals surface area contributed by atoms with Crippen LogP contribution in [0.1, 0.15) is 43.8 Å². The minimum absolute atomic E-state index is 0.0996. The van der Waals surface area contributed by atoms with E-state index >= 15 is 0 Å². The molecule has 1 aromatic heterocycles. The zero-order valence-electron chi connectivity index (χ0n) is 12.8. The van der Waals surface area contributed by atoms with Crippen LogP contribution in [0.25, 0.3) is 0 Å². The molecular formula is C17H23NO4. The largest absolute Gasteiger partial charge is 0.469 e. The summed E-state index contributed by atoms with van der Waals surface area (Å²) >= 11 is 0. The van der Waals surface area contributed by atoms with Crippen LogP contribution in [0.15, 0.2) is 22.8 Å². The molecule has 2 saturated carbocycles. The van der Waals surface area contributed by atoms with Gasteiger partial charge in [0.1, 0.15) is 5.76 Å². The number of nitrogens with one attached hydrogen (secondary N) is 1. The molecule has 5 nitrogen and oxygen atoms in total. The first-order valence-corrected chi connectivity index (χ1v) is 8.35. The Morgan fingerprint density at radius 3 is 2.73 bits per heavy atom. The van der Waals surface area contributed by atoms with Crippen LogP contribution in [0.2, 0.25) is 0 Å². The van der Waals surface area contributed by atoms with Crippen LogP contribution >= 0.6 is 0 Å². The Kier molecular flexibility index (Phi) is 3.70. The van der Waals surface area contributed by atoms with E-state index in [1.807, 2.05) is 12.1 Å². The van der Waals surface area contributed by atoms with Crippen LogP contribution in [-0.2, 0) is 14.3 Å². The van der Waals surface area contributed by atoms with Crippen molar-refractivity contribution in [3.63, 3.8) is 0 Å². The molecule has 2 atom stereocenters. The molecule has 2 aliphatic carbocycles. The van der Waals surface area contributed by atoms with E-state index in [1.54, 1.807) is 6.26 Å². The minimum Gasteiger partial charge on any atom is -0.469 e. The first-order valence-electron chi connectivity index (χ1n) is 8.35. The summed E-state index contributed by atoms with van der Waals surface area (Å²) in [6.07, 6.45) is 6.61. The fourth-order valence-electron chi connectivity index (χ4n) is 3.78. The smallest absolute Gasteiger partial charge is 0.223 e. The van der Waals surface area contributed by atoms with Gasteiger partial charge in [-0.3, -0.25) is 4.79 Å². The summed E-state index contributed by atoms with van der Waals surface area (Å²) < 4.78 is 16.9. The first-order chi connectivity index (χ1) is 10.8. The lowest BCUT2D eigenvalue weighted by Gasteiger charge is -2.35. The van der Waals surface area contributed by atoms with Crippen LogP contribution in [0, 0.1) is 11.8 Å². The van der Waals surface area contributed by atoms with E-state index < -0.39 is 0 Å². The molecule has 5 heteroatoms. The van der Waals surface area contributed by atoms with Crippen molar-refractivity contribution in [1.82, 2.24) is 5.32 Å². The van der Waals surface area contributed by atoms with Crippen molar-refractivity contribution >= 4 is 5.91 Å². The van der Waals surface area contributed by atoms with Crippen molar-refractivity contribution in [2.75, 3.05) is 19.8 Å². The van der Waals surface area contributed by atoms with Gasteiger partial charge in [-0.2, -0.15) is 0 Å². The zero-order chi connectivity index (χ0) is 15.0. The topological polar surface area (TPSA) is 60.7 Å². The summed E-state index contributed by atoms with van der Waals surface area (Å²) in [5, 5.41) is 3.12. The average Bonchev–Trinajstić information content (AvgIpc) is 2.96. The van der Waals surface area contributed by atoms with Crippen LogP contribution in [0.3, 0.4) is 0 Å². The molecule has 3 fully saturated rings. The first kappa shape index (κ1) is 14.3. The number of ether oxygens (including phenoxy) is 2. The highest BCUT2D eigenvalue weighted by Crippen LogP contribution is 2.47. The van der Waals surface area contributed by atoms with Gasteiger partial charge in [0, 0.05) is 31.2 Å². The maximum Gasteiger partial charge on any atom is 0.223 e. The summed E-state index contributed by atoms with van der Waals surface area (Å²) in [5.74, 6) is 1.74. The summed E-state index contributed by atoms with van der Waals surface area (Å²) in [4.78, 5) is 12.2. The third-order valence-corrected chi connectivity index (χ3v) is 5.28. The van der Waals surface area contributed by atoms with Crippen molar-refractivity contribution in [2.24, 2.45) is 11.8 Å². The van der Waals surface area contributed by atoms with E-state index in [9.17, 15) is 4.79 Å². The Hall–Kier alpha value is -1.33. The molecule has 1 amide bonds. The molecular weight excluding hydrogens is 282 g/mol. The van der Waals surface area contributed by atoms with E-state index in [1.165, 1.54) is 0 Å². The van der Waals surface area contributed by atoms with Gasteiger partial charge in [0.15, 0.2) is 5.79 Å². The maximum atomic E-state index is 12.2. The summed E-state index contributed by atoms with van der Waals surface area (Å²) in [6, 6.07) is 3.84. The molecule has 0 unspecified atom stereocenters. The van der Waals surface area contributed by atoms with Crippen molar-refractivity contribution in [2.45, 2.75) is 43.8 Å². The second-order valence-electron chi connectivity index (χ2n) is 6.76. The van der Waals surface area contributed by atoms with E-state index in [2.05, 4.69) is 5.32 Å². The number of carbonyl (C=O) groups is 1. The van der Waals surface area contributed by atoms with Crippen molar-refractivity contribution in [1.29, 1.82) is 0 Å². The standard InChI is InChI=1S/C17H23NO4/c19-16(14-10-13(14)15-2-1-7-20-15)18-11-12-3-5-17(6-4-12)21-8-9-22-17/h1-2,7,12-14H,3-6,8-11H2,(H,18,19)/t13-,14-/m0/s1. The summed E-state index contributed by atoms with van der Waals surface area (Å²) in [5.41, 5.74) is 0. The maximum absolute atomic E-state index is 12.2. The Bertz CT molecular complexity index is 511. The molecule has 1 aromatic rings. The monoisotopic (exact) mass is 305 g/mol. The van der Waals surface area contributed by atoms with Gasteiger partial charge in [-0.1, -0.05) is 0 Å². The highest BCUT2D eigenvalue weighted by Gasteiger charge is 2.46. The Morgan fingerprint density at radius 2 is 2.05 bits per heavy atom. The molecule has 22 heavy (non-hydrogen) atoms. The molecule has 4 rings (SSSR count). The van der Waals surface area contributed by atoms with Crippen molar-refractivity contribution in [3.8, 4) is 0 Å². The minimum atomic E-state index is -0.304. The average molecular weight is 305 g/mol. The van der Waals surface area contributed by atoms with Gasteiger partial charge in [-0.25, -0.2) is 0 Å². The number of furan rings is 1. The molecule has 1 aliphatic heterocycles. The number of carbonyl (C=O) groups excluding carboxylic acids is 1. The number of hydrogen-bond acceptors (Lipinski definition) is 4. The fraction of sp³-hybridized carbons (Fsp3) is 0.706. The predicted molar refractivity (Wildman–Crippen MR) is 79.2 cm³/mol. The normalized spacial score (nSPS) is 30.5. The SMILES string of the molecule is O=C(NCC1CCC2(CC1)OCCO2)[C@H]1C[C@@H]1c1ccco1. The molecule has 1 saturated heterocycles. The van der Waals surface area contributed by atoms with Gasteiger partial charge in [-0.05, 0) is 37.3 Å². The molecule has 1 N–H and O–H groups in total. The van der Waals surface area contributed by atoms with Gasteiger partial charge >= 0.3 is 0 Å². The van der Waals surface area contributed by atoms with Gasteiger partial charge in [0.05, 0.1) is 19.5 Å². The molecule has 0 radical (unpaired) electrons. The lowest BCUT2D eigenvalue weighted by atomic mass is 9.85. The number of rotatable bonds is 4. The molecule has 120 valence electrons. The Labute approximate surface area is 130 Å². The van der Waals surface area contributed by atoms with E-state index in [4.69, 9.17) is 13.9 Å². The molecule has 0 aromatic carbocycles. The lowest BCUT2D eigenvalue weighted by Crippen LogP contribution is -2.39. The van der Waals surface area contributed by atoms with Crippen LogP contribution in [0.5, 0.6) is 0 Å². The van der Waals surface area contributed by atoms with E-state index in [-0.39, 0.29) is 23.5 Å². The van der Waals surface area contributed by atoms with Gasteiger partial charge in [0.25, 0.3) is 0 Å². The number of hydrogen-bond donors (Lipinski definition) is 1. The third-order valence-electron chi connectivity index (χ3n) is 5.28. The summed E-state index contributed by atoms with van der Waals surface area (Å²) in [6.45, 7) is 2.21. The zero-order valence-corrected chi connectivity index (χ0v) is 12.8. The predicted octanol–water partition coefficient (Wildman–Crippen LogP) is 2.43. The molecule has 1 spiro atoms. The Morgan fingerprint density at radius 1 is 1.27 bits per heavy atom. The van der Waals surface area contributed by atoms with E-state index in [0.29, 0.717) is 5.92 Å². The van der Waals surface area contributed by atoms with Crippen molar-refractivity contribution in [3.05, 3.63) is 24.2 Å². The van der Waals surface area contributed by atoms with Crippen molar-refractivity contribution < 1.29 is 18.7 Å². The second-order valence-corrected chi connectivity index (χ2v) is 6.76.